The molecule has 2 aromatic rings. The van der Waals surface area contributed by atoms with E-state index in [1.807, 2.05) is 19.1 Å². The van der Waals surface area contributed by atoms with Crippen molar-refractivity contribution in [1.29, 1.82) is 5.26 Å². The maximum Gasteiger partial charge on any atom is 0.555 e. The summed E-state index contributed by atoms with van der Waals surface area (Å²) >= 11 is 0. The molecule has 0 bridgehead atoms. The third kappa shape index (κ3) is 3.77. The Kier molecular flexibility index (Phi) is 5.48. The standard InChI is InChI=1S/C20H22BN5O4/c1-2-14-7-13-8-15(3-4-18(13)30-21(14)28)24-20-16(19(23)27)10-26(25-20)17-11-29-6-5-12(17)9-22/h3-4,7-8,10,12,17,28H,2,5-6,11H2,1H3,(H2,23,27)(H,24,25)/t12-,17+/m1/s1. The molecule has 0 spiro atoms. The van der Waals surface area contributed by atoms with Crippen LogP contribution in [0.15, 0.2) is 29.9 Å². The number of nitrogens with two attached hydrogens (primary N) is 1. The van der Waals surface area contributed by atoms with E-state index >= 15 is 0 Å². The fourth-order valence-electron chi connectivity index (χ4n) is 3.70. The highest BCUT2D eigenvalue weighted by molar-refractivity contribution is 6.54. The number of benzene rings is 1. The quantitative estimate of drug-likeness (QED) is 0.646. The molecule has 9 nitrogen and oxygen atoms in total. The number of carbonyl (C=O) groups excluding carboxylic acids is 1. The molecule has 2 aliphatic rings. The van der Waals surface area contributed by atoms with E-state index in [1.165, 1.54) is 0 Å². The van der Waals surface area contributed by atoms with Crippen LogP contribution in [0.1, 0.15) is 41.7 Å². The van der Waals surface area contributed by atoms with Gasteiger partial charge in [0.05, 0.1) is 24.6 Å². The van der Waals surface area contributed by atoms with Gasteiger partial charge in [0.1, 0.15) is 11.3 Å². The van der Waals surface area contributed by atoms with E-state index in [0.29, 0.717) is 43.3 Å². The highest BCUT2D eigenvalue weighted by Gasteiger charge is 2.30. The van der Waals surface area contributed by atoms with Crippen molar-refractivity contribution < 1.29 is 19.2 Å². The molecule has 4 rings (SSSR count). The van der Waals surface area contributed by atoms with Crippen LogP contribution in [0, 0.1) is 17.2 Å². The summed E-state index contributed by atoms with van der Waals surface area (Å²) in [5, 5.41) is 27.0. The molecule has 1 fully saturated rings. The lowest BCUT2D eigenvalue weighted by Crippen LogP contribution is -2.29. The maximum absolute atomic E-state index is 12.0. The van der Waals surface area contributed by atoms with E-state index < -0.39 is 13.0 Å². The monoisotopic (exact) mass is 407 g/mol. The maximum atomic E-state index is 12.0. The van der Waals surface area contributed by atoms with Crippen molar-refractivity contribution in [2.75, 3.05) is 18.5 Å². The van der Waals surface area contributed by atoms with Gasteiger partial charge in [-0.25, -0.2) is 0 Å². The van der Waals surface area contributed by atoms with E-state index in [9.17, 15) is 15.1 Å². The first-order valence-electron chi connectivity index (χ1n) is 9.82. The molecule has 2 atom stereocenters. The number of amides is 1. The number of rotatable bonds is 5. The Morgan fingerprint density at radius 2 is 2.37 bits per heavy atom. The van der Waals surface area contributed by atoms with Crippen LogP contribution in [0.3, 0.4) is 0 Å². The predicted molar refractivity (Wildman–Crippen MR) is 111 cm³/mol. The first-order valence-corrected chi connectivity index (χ1v) is 9.82. The van der Waals surface area contributed by atoms with Gasteiger partial charge in [-0.1, -0.05) is 13.0 Å². The van der Waals surface area contributed by atoms with Crippen molar-refractivity contribution in [2.24, 2.45) is 11.7 Å². The number of nitriles is 1. The molecule has 1 saturated heterocycles. The molecule has 1 aromatic carbocycles. The fraction of sp³-hybridized carbons (Fsp3) is 0.350. The van der Waals surface area contributed by atoms with E-state index in [2.05, 4.69) is 16.5 Å². The summed E-state index contributed by atoms with van der Waals surface area (Å²) in [4.78, 5) is 12.0. The second-order valence-electron chi connectivity index (χ2n) is 7.32. The van der Waals surface area contributed by atoms with Gasteiger partial charge in [0.15, 0.2) is 5.82 Å². The number of hydrogen-bond donors (Lipinski definition) is 3. The average molecular weight is 407 g/mol. The first kappa shape index (κ1) is 20.0. The highest BCUT2D eigenvalue weighted by atomic mass is 16.5. The SMILES string of the molecule is CCC1=Cc2cc(Nc3nn([C@H]4COCC[C@@H]4C#N)cc3C(N)=O)ccc2OB1O. The molecule has 1 amide bonds. The van der Waals surface area contributed by atoms with Crippen molar-refractivity contribution in [2.45, 2.75) is 25.8 Å². The number of nitrogens with zero attached hydrogens (tertiary/aromatic N) is 3. The molecule has 3 heterocycles. The van der Waals surface area contributed by atoms with Crippen molar-refractivity contribution in [3.05, 3.63) is 41.0 Å². The summed E-state index contributed by atoms with van der Waals surface area (Å²) in [5.74, 6) is 0.00649. The van der Waals surface area contributed by atoms with E-state index in [0.717, 1.165) is 11.0 Å². The van der Waals surface area contributed by atoms with Crippen LogP contribution in [0.25, 0.3) is 6.08 Å². The molecule has 0 radical (unpaired) electrons. The van der Waals surface area contributed by atoms with Crippen LogP contribution in [0.4, 0.5) is 11.5 Å². The minimum absolute atomic E-state index is 0.228. The predicted octanol–water partition coefficient (Wildman–Crippen LogP) is 2.03. The Bertz CT molecular complexity index is 1040. The van der Waals surface area contributed by atoms with Gasteiger partial charge in [-0.15, -0.1) is 0 Å². The second-order valence-corrected chi connectivity index (χ2v) is 7.32. The molecule has 0 unspecified atom stereocenters. The molecule has 1 aromatic heterocycles. The van der Waals surface area contributed by atoms with Crippen LogP contribution >= 0.6 is 0 Å². The van der Waals surface area contributed by atoms with Crippen LogP contribution in [0.2, 0.25) is 0 Å². The Morgan fingerprint density at radius 1 is 1.53 bits per heavy atom. The number of primary amides is 1. The van der Waals surface area contributed by atoms with Gasteiger partial charge in [-0.2, -0.15) is 10.4 Å². The van der Waals surface area contributed by atoms with Gasteiger partial charge in [0.2, 0.25) is 0 Å². The molecular formula is C20H22BN5O4. The van der Waals surface area contributed by atoms with Gasteiger partial charge in [0, 0.05) is 24.1 Å². The van der Waals surface area contributed by atoms with Gasteiger partial charge >= 0.3 is 7.12 Å². The molecule has 0 saturated carbocycles. The number of carbonyl (C=O) groups is 1. The molecule has 0 aliphatic carbocycles. The highest BCUT2D eigenvalue weighted by Crippen LogP contribution is 2.33. The number of allylic oxidation sites excluding steroid dienone is 1. The Morgan fingerprint density at radius 3 is 3.10 bits per heavy atom. The molecular weight excluding hydrogens is 385 g/mol. The minimum atomic E-state index is -0.940. The largest absolute Gasteiger partial charge is 0.555 e. The third-order valence-electron chi connectivity index (χ3n) is 5.41. The Labute approximate surface area is 174 Å². The fourth-order valence-corrected chi connectivity index (χ4v) is 3.70. The zero-order valence-electron chi connectivity index (χ0n) is 16.5. The van der Waals surface area contributed by atoms with Crippen molar-refractivity contribution in [3.63, 3.8) is 0 Å². The lowest BCUT2D eigenvalue weighted by Gasteiger charge is -2.26. The molecule has 2 aliphatic heterocycles. The normalized spacial score (nSPS) is 20.6. The van der Waals surface area contributed by atoms with Crippen LogP contribution in [0.5, 0.6) is 5.75 Å². The van der Waals surface area contributed by atoms with E-state index in [1.54, 1.807) is 23.0 Å². The van der Waals surface area contributed by atoms with Crippen molar-refractivity contribution in [1.82, 2.24) is 9.78 Å². The van der Waals surface area contributed by atoms with Crippen LogP contribution in [-0.2, 0) is 4.74 Å². The Balaban J connectivity index is 1.64. The van der Waals surface area contributed by atoms with E-state index in [4.69, 9.17) is 15.1 Å². The first-order chi connectivity index (χ1) is 14.5. The number of anilines is 2. The van der Waals surface area contributed by atoms with Crippen molar-refractivity contribution >= 4 is 30.6 Å². The minimum Gasteiger partial charge on any atom is -0.532 e. The summed E-state index contributed by atoms with van der Waals surface area (Å²) < 4.78 is 12.6. The van der Waals surface area contributed by atoms with Crippen LogP contribution < -0.4 is 15.7 Å². The van der Waals surface area contributed by atoms with Crippen molar-refractivity contribution in [3.8, 4) is 11.8 Å². The summed E-state index contributed by atoms with van der Waals surface area (Å²) in [6.07, 6.45) is 4.72. The van der Waals surface area contributed by atoms with E-state index in [-0.39, 0.29) is 17.5 Å². The topological polar surface area (TPSA) is 135 Å². The summed E-state index contributed by atoms with van der Waals surface area (Å²) in [7, 11) is -0.940. The number of fused-ring (bicyclic) bond motifs is 1. The zero-order chi connectivity index (χ0) is 21.3. The average Bonchev–Trinajstić information content (AvgIpc) is 3.17. The van der Waals surface area contributed by atoms with Gasteiger partial charge in [-0.05, 0) is 36.5 Å². The summed E-state index contributed by atoms with van der Waals surface area (Å²) in [6, 6.07) is 7.36. The molecule has 30 heavy (non-hydrogen) atoms. The van der Waals surface area contributed by atoms with Gasteiger partial charge in [0.25, 0.3) is 5.91 Å². The van der Waals surface area contributed by atoms with Gasteiger partial charge < -0.3 is 25.5 Å². The lowest BCUT2D eigenvalue weighted by atomic mass is 9.74. The number of hydrogen-bond acceptors (Lipinski definition) is 7. The van der Waals surface area contributed by atoms with Crippen LogP contribution in [-0.4, -0.2) is 41.0 Å². The summed E-state index contributed by atoms with van der Waals surface area (Å²) in [6.45, 7) is 2.82. The zero-order valence-corrected chi connectivity index (χ0v) is 16.5. The van der Waals surface area contributed by atoms with Gasteiger partial charge in [-0.3, -0.25) is 9.48 Å². The molecule has 10 heteroatoms. The number of ether oxygens (including phenoxy) is 1. The summed E-state index contributed by atoms with van der Waals surface area (Å²) in [5.41, 5.74) is 8.06. The molecule has 4 N–H and O–H groups in total. The molecule has 154 valence electrons. The smallest absolute Gasteiger partial charge is 0.532 e. The third-order valence-corrected chi connectivity index (χ3v) is 5.41. The number of aromatic nitrogens is 2. The second kappa shape index (κ2) is 8.22. The Hall–Kier alpha value is -3.29. The lowest BCUT2D eigenvalue weighted by molar-refractivity contribution is 0.0342. The number of nitrogens with one attached hydrogen (secondary N) is 1.